The highest BCUT2D eigenvalue weighted by atomic mass is 32.2. The molecule has 0 aromatic heterocycles. The first-order valence-electron chi connectivity index (χ1n) is 6.42. The monoisotopic (exact) mass is 334 g/mol. The fourth-order valence-electron chi connectivity index (χ4n) is 1.46. The number of nitrogens with two attached hydrogens (primary N) is 1. The van der Waals surface area contributed by atoms with Crippen LogP contribution in [-0.2, 0) is 32.2 Å². The SMILES string of the molecule is CC(C)(CNS(=O)(=O)Cc1ccc(CN)cc1)S(C)(=O)=O. The first kappa shape index (κ1) is 18.1. The van der Waals surface area contributed by atoms with Crippen molar-refractivity contribution in [3.8, 4) is 0 Å². The maximum absolute atomic E-state index is 12.0. The van der Waals surface area contributed by atoms with E-state index < -0.39 is 24.6 Å². The third kappa shape index (κ3) is 5.39. The van der Waals surface area contributed by atoms with Crippen LogP contribution in [-0.4, -0.2) is 34.4 Å². The lowest BCUT2D eigenvalue weighted by Crippen LogP contribution is -2.44. The molecule has 0 aliphatic carbocycles. The zero-order valence-electron chi connectivity index (χ0n) is 12.5. The molecule has 0 saturated carbocycles. The quantitative estimate of drug-likeness (QED) is 0.750. The van der Waals surface area contributed by atoms with E-state index in [0.717, 1.165) is 11.8 Å². The Bertz CT molecular complexity index is 677. The van der Waals surface area contributed by atoms with Gasteiger partial charge in [0.1, 0.15) is 0 Å². The summed E-state index contributed by atoms with van der Waals surface area (Å²) in [6, 6.07) is 6.93. The Labute approximate surface area is 126 Å². The van der Waals surface area contributed by atoms with Crippen molar-refractivity contribution in [2.45, 2.75) is 30.9 Å². The Hall–Kier alpha value is -0.960. The van der Waals surface area contributed by atoms with E-state index in [0.29, 0.717) is 12.1 Å². The Balaban J connectivity index is 2.74. The second-order valence-corrected chi connectivity index (χ2v) is 10.1. The molecule has 0 fully saturated rings. The van der Waals surface area contributed by atoms with Crippen molar-refractivity contribution in [3.63, 3.8) is 0 Å². The van der Waals surface area contributed by atoms with Crippen LogP contribution >= 0.6 is 0 Å². The minimum absolute atomic E-state index is 0.158. The number of sulfonamides is 1. The van der Waals surface area contributed by atoms with Gasteiger partial charge in [0, 0.05) is 19.3 Å². The molecule has 0 aliphatic rings. The molecule has 3 N–H and O–H groups in total. The summed E-state index contributed by atoms with van der Waals surface area (Å²) in [6.07, 6.45) is 1.09. The Morgan fingerprint density at radius 3 is 1.95 bits per heavy atom. The number of hydrogen-bond acceptors (Lipinski definition) is 5. The summed E-state index contributed by atoms with van der Waals surface area (Å²) in [5.74, 6) is -0.197. The van der Waals surface area contributed by atoms with Gasteiger partial charge in [-0.3, -0.25) is 0 Å². The van der Waals surface area contributed by atoms with E-state index in [1.54, 1.807) is 24.3 Å². The average Bonchev–Trinajstić information content (AvgIpc) is 2.36. The van der Waals surface area contributed by atoms with Crippen LogP contribution in [0.25, 0.3) is 0 Å². The van der Waals surface area contributed by atoms with Crippen LogP contribution in [0.15, 0.2) is 24.3 Å². The minimum atomic E-state index is -3.59. The van der Waals surface area contributed by atoms with Crippen molar-refractivity contribution >= 4 is 19.9 Å². The standard InChI is InChI=1S/C13H22N2O4S2/c1-13(2,20(3,16)17)10-15-21(18,19)9-12-6-4-11(8-14)5-7-12/h4-7,15H,8-10,14H2,1-3H3. The minimum Gasteiger partial charge on any atom is -0.326 e. The maximum Gasteiger partial charge on any atom is 0.215 e. The van der Waals surface area contributed by atoms with Crippen molar-refractivity contribution in [2.75, 3.05) is 12.8 Å². The van der Waals surface area contributed by atoms with Gasteiger partial charge in [-0.15, -0.1) is 0 Å². The molecule has 0 saturated heterocycles. The van der Waals surface area contributed by atoms with Gasteiger partial charge in [0.05, 0.1) is 10.5 Å². The van der Waals surface area contributed by atoms with Crippen molar-refractivity contribution in [1.82, 2.24) is 4.72 Å². The zero-order chi connectivity index (χ0) is 16.3. The van der Waals surface area contributed by atoms with Crippen LogP contribution < -0.4 is 10.5 Å². The fraction of sp³-hybridized carbons (Fsp3) is 0.538. The lowest BCUT2D eigenvalue weighted by atomic mass is 10.1. The van der Waals surface area contributed by atoms with Gasteiger partial charge in [0.25, 0.3) is 0 Å². The van der Waals surface area contributed by atoms with Gasteiger partial charge in [0.2, 0.25) is 10.0 Å². The molecule has 0 amide bonds. The van der Waals surface area contributed by atoms with E-state index in [4.69, 9.17) is 5.73 Å². The first-order chi connectivity index (χ1) is 9.47. The molecule has 8 heteroatoms. The molecule has 0 heterocycles. The highest BCUT2D eigenvalue weighted by molar-refractivity contribution is 7.92. The van der Waals surface area contributed by atoms with Crippen LogP contribution in [0.2, 0.25) is 0 Å². The second-order valence-electron chi connectivity index (χ2n) is 5.63. The van der Waals surface area contributed by atoms with Crippen molar-refractivity contribution < 1.29 is 16.8 Å². The highest BCUT2D eigenvalue weighted by Gasteiger charge is 2.31. The van der Waals surface area contributed by atoms with Gasteiger partial charge in [-0.25, -0.2) is 21.6 Å². The molecule has 0 atom stereocenters. The van der Waals surface area contributed by atoms with E-state index in [2.05, 4.69) is 4.72 Å². The maximum atomic E-state index is 12.0. The molecule has 0 unspecified atom stereocenters. The highest BCUT2D eigenvalue weighted by Crippen LogP contribution is 2.15. The van der Waals surface area contributed by atoms with E-state index in [1.165, 1.54) is 13.8 Å². The Morgan fingerprint density at radius 1 is 1.05 bits per heavy atom. The summed E-state index contributed by atoms with van der Waals surface area (Å²) in [5, 5.41) is 0. The lowest BCUT2D eigenvalue weighted by molar-refractivity contribution is 0.537. The van der Waals surface area contributed by atoms with Gasteiger partial charge in [-0.1, -0.05) is 24.3 Å². The molecule has 0 radical (unpaired) electrons. The summed E-state index contributed by atoms with van der Waals surface area (Å²) < 4.78 is 48.3. The molecule has 1 aromatic rings. The van der Waals surface area contributed by atoms with E-state index >= 15 is 0 Å². The van der Waals surface area contributed by atoms with Crippen LogP contribution in [0.4, 0.5) is 0 Å². The summed E-state index contributed by atoms with van der Waals surface area (Å²) in [7, 11) is -6.94. The van der Waals surface area contributed by atoms with Gasteiger partial charge in [-0.05, 0) is 25.0 Å². The Morgan fingerprint density at radius 2 is 1.52 bits per heavy atom. The van der Waals surface area contributed by atoms with Crippen LogP contribution in [0.3, 0.4) is 0 Å². The molecule has 21 heavy (non-hydrogen) atoms. The van der Waals surface area contributed by atoms with Crippen molar-refractivity contribution in [3.05, 3.63) is 35.4 Å². The molecule has 120 valence electrons. The molecule has 6 nitrogen and oxygen atoms in total. The van der Waals surface area contributed by atoms with Crippen LogP contribution in [0.5, 0.6) is 0 Å². The van der Waals surface area contributed by atoms with Crippen molar-refractivity contribution in [1.29, 1.82) is 0 Å². The molecular formula is C13H22N2O4S2. The predicted octanol–water partition coefficient (Wildman–Crippen LogP) is 0.388. The summed E-state index contributed by atoms with van der Waals surface area (Å²) in [4.78, 5) is 0. The van der Waals surface area contributed by atoms with Gasteiger partial charge in [0.15, 0.2) is 9.84 Å². The largest absolute Gasteiger partial charge is 0.326 e. The lowest BCUT2D eigenvalue weighted by Gasteiger charge is -2.22. The molecule has 1 aromatic carbocycles. The Kier molecular flexibility index (Phi) is 5.54. The summed E-state index contributed by atoms with van der Waals surface area (Å²) in [5.41, 5.74) is 7.02. The number of sulfone groups is 1. The molecule has 0 bridgehead atoms. The fourth-order valence-corrected chi connectivity index (χ4v) is 3.20. The zero-order valence-corrected chi connectivity index (χ0v) is 14.1. The average molecular weight is 334 g/mol. The molecule has 1 rings (SSSR count). The van der Waals surface area contributed by atoms with E-state index in [-0.39, 0.29) is 12.3 Å². The van der Waals surface area contributed by atoms with E-state index in [1.807, 2.05) is 0 Å². The third-order valence-electron chi connectivity index (χ3n) is 3.34. The number of rotatable bonds is 7. The molecular weight excluding hydrogens is 312 g/mol. The smallest absolute Gasteiger partial charge is 0.215 e. The van der Waals surface area contributed by atoms with Gasteiger partial charge < -0.3 is 5.73 Å². The summed E-state index contributed by atoms with van der Waals surface area (Å²) in [6.45, 7) is 3.21. The van der Waals surface area contributed by atoms with Crippen LogP contribution in [0.1, 0.15) is 25.0 Å². The van der Waals surface area contributed by atoms with Gasteiger partial charge >= 0.3 is 0 Å². The second kappa shape index (κ2) is 6.43. The number of benzene rings is 1. The number of nitrogens with one attached hydrogen (secondary N) is 1. The summed E-state index contributed by atoms with van der Waals surface area (Å²) >= 11 is 0. The molecule has 0 aliphatic heterocycles. The van der Waals surface area contributed by atoms with E-state index in [9.17, 15) is 16.8 Å². The normalized spacial score (nSPS) is 13.3. The third-order valence-corrected chi connectivity index (χ3v) is 6.79. The first-order valence-corrected chi connectivity index (χ1v) is 9.96. The van der Waals surface area contributed by atoms with Crippen molar-refractivity contribution in [2.24, 2.45) is 5.73 Å². The predicted molar refractivity (Wildman–Crippen MR) is 83.9 cm³/mol. The van der Waals surface area contributed by atoms with Crippen LogP contribution in [0, 0.1) is 0 Å². The van der Waals surface area contributed by atoms with Gasteiger partial charge in [-0.2, -0.15) is 0 Å². The molecule has 0 spiro atoms. The number of hydrogen-bond donors (Lipinski definition) is 2. The topological polar surface area (TPSA) is 106 Å².